The largest absolute Gasteiger partial charge is 0.492 e. The third-order valence-corrected chi connectivity index (χ3v) is 49.8. The standard InChI is InChI=1S/C20H26OS5.C14H15BrO2S2.C14H16O2S2.C13H12Br3NOS2.C13H14O2S2.C9H14O2S2.C9H16S2.C8H14S2.C7H12S2/c1-15-8-22-12-19(24-10-15)7-21-17-3-5-18(6-4-17)26-14-20-13-23-9-16(2)11-25-20;1-10-6-18-8-11(9-19-7-10)14(16)17-13-4-2-12(15)3-5-13;1-11-7-17-9-13(10-18-8-11)16-14(15)12-5-3-2-4-6-12;1-7-4-19-6-11(20-5-7)13(18)17-12-9(15)2-8(14)3-10(12)16;1-10-7-16-9-12(17-8-10)13(14)15-11-5-3-2-4-6-11;1-7-3-12-5-9(6-13-4-7)11-8(2)10;1-7-5-10-8(2)4-9(3)11-6-7;1-7-5-9-4-3-8(2)10-6-7;1-7-5-8-3-2-4-9-6-7/h3-6,19-20H,1-2,7-14H2;2-5,11H,1,6-9H2;2-6,13H,1,7-10H2;2-3,11H,1,4-6H2,(H,17,18);2-6,12H,1,7-9H2;9H,1,3-6H2,2H3;8-9H,1,4-6H2,2-3H3;8H,1,3-6H2,2H3;1-6H2. The Hall–Kier alpha value is -0.0800. The van der Waals surface area contributed by atoms with Gasteiger partial charge in [-0.25, -0.2) is 4.79 Å². The van der Waals surface area contributed by atoms with Gasteiger partial charge in [0.2, 0.25) is 5.91 Å². The highest BCUT2D eigenvalue weighted by Gasteiger charge is 2.29. The van der Waals surface area contributed by atoms with Crippen molar-refractivity contribution in [2.75, 3.05) is 208 Å². The minimum absolute atomic E-state index is 0.000746. The Morgan fingerprint density at radius 2 is 0.748 bits per heavy atom. The van der Waals surface area contributed by atoms with Gasteiger partial charge in [-0.1, -0.05) is 211 Å². The molecule has 10 saturated heterocycles. The van der Waals surface area contributed by atoms with Crippen LogP contribution in [0.25, 0.3) is 0 Å². The molecule has 1 amide bonds. The van der Waals surface area contributed by atoms with Crippen LogP contribution in [0.2, 0.25) is 0 Å². The predicted octanol–water partition coefficient (Wildman–Crippen LogP) is 31.9. The first kappa shape index (κ1) is 130. The number of amides is 1. The van der Waals surface area contributed by atoms with E-state index in [1.807, 2.05) is 155 Å². The predicted molar refractivity (Wildman–Crippen MR) is 689 cm³/mol. The number of esters is 4. The van der Waals surface area contributed by atoms with Gasteiger partial charge < -0.3 is 29.0 Å². The number of ether oxygens (including phenoxy) is 5. The molecule has 7 atom stereocenters. The quantitative estimate of drug-likeness (QED) is 0.0459. The van der Waals surface area contributed by atoms with E-state index >= 15 is 0 Å². The lowest BCUT2D eigenvalue weighted by molar-refractivity contribution is -0.144. The van der Waals surface area contributed by atoms with E-state index in [1.165, 1.54) is 150 Å². The van der Waals surface area contributed by atoms with Gasteiger partial charge in [0.15, 0.2) is 0 Å². The molecule has 36 heteroatoms. The van der Waals surface area contributed by atoms with Gasteiger partial charge in [-0.05, 0) is 153 Å². The fourth-order valence-corrected chi connectivity index (χ4v) is 39.8. The second kappa shape index (κ2) is 78.1. The fraction of sp³-hybridized carbons (Fsp3) is 0.486. The Morgan fingerprint density at radius 3 is 1.25 bits per heavy atom. The van der Waals surface area contributed by atoms with E-state index in [0.717, 1.165) is 189 Å². The summed E-state index contributed by atoms with van der Waals surface area (Å²) in [7, 11) is 0. The fourth-order valence-electron chi connectivity index (χ4n) is 12.6. The van der Waals surface area contributed by atoms with Gasteiger partial charge in [-0.2, -0.15) is 200 Å². The first-order valence-electron chi connectivity index (χ1n) is 46.8. The van der Waals surface area contributed by atoms with Crippen molar-refractivity contribution in [3.8, 4) is 17.2 Å². The molecule has 0 spiro atoms. The van der Waals surface area contributed by atoms with Gasteiger partial charge in [0.05, 0.1) is 22.4 Å². The zero-order chi connectivity index (χ0) is 103. The number of hydrogen-bond donors (Lipinski definition) is 1. The Kier molecular flexibility index (Phi) is 70.9. The minimum Gasteiger partial charge on any atom is -0.492 e. The molecular weight excluding hydrogens is 2450 g/mol. The van der Waals surface area contributed by atoms with Crippen LogP contribution < -0.4 is 19.5 Å². The summed E-state index contributed by atoms with van der Waals surface area (Å²) in [5.41, 5.74) is 14.5. The molecule has 10 fully saturated rings. The zero-order valence-electron chi connectivity index (χ0n) is 82.4. The summed E-state index contributed by atoms with van der Waals surface area (Å²) in [4.78, 5) is 60.4. The summed E-state index contributed by atoms with van der Waals surface area (Å²) in [5.74, 6) is 36.7. The van der Waals surface area contributed by atoms with Gasteiger partial charge >= 0.3 is 23.9 Å². The Morgan fingerprint density at radius 1 is 0.371 bits per heavy atom. The lowest BCUT2D eigenvalue weighted by Gasteiger charge is -2.21. The second-order valence-corrected chi connectivity index (χ2v) is 61.8. The molecule has 0 aliphatic carbocycles. The van der Waals surface area contributed by atoms with Crippen molar-refractivity contribution in [3.05, 3.63) is 266 Å². The van der Waals surface area contributed by atoms with Crippen LogP contribution in [0, 0.1) is 5.92 Å². The first-order chi connectivity index (χ1) is 68.9. The Bertz CT molecular complexity index is 4650. The normalized spacial score (nSPS) is 22.3. The smallest absolute Gasteiger partial charge is 0.338 e. The van der Waals surface area contributed by atoms with Crippen molar-refractivity contribution in [2.45, 2.75) is 101 Å². The van der Waals surface area contributed by atoms with Crippen molar-refractivity contribution >= 4 is 346 Å². The Balaban J connectivity index is 0.000000222. The van der Waals surface area contributed by atoms with Gasteiger partial charge in [0.1, 0.15) is 41.3 Å². The number of thioether (sulfide) groups is 21. The van der Waals surface area contributed by atoms with E-state index in [9.17, 15) is 24.0 Å². The highest BCUT2D eigenvalue weighted by molar-refractivity contribution is 9.11. The number of anilines is 1. The topological polar surface area (TPSA) is 144 Å². The van der Waals surface area contributed by atoms with Crippen molar-refractivity contribution in [1.82, 2.24) is 0 Å². The van der Waals surface area contributed by atoms with Gasteiger partial charge in [-0.15, -0.1) is 47.0 Å². The van der Waals surface area contributed by atoms with E-state index in [4.69, 9.17) is 23.7 Å². The molecule has 5 aromatic carbocycles. The maximum Gasteiger partial charge on any atom is 0.338 e. The van der Waals surface area contributed by atoms with E-state index in [0.29, 0.717) is 22.3 Å². The second-order valence-electron chi connectivity index (χ2n) is 34.3. The molecule has 15 rings (SSSR count). The number of carbonyl (C=O) groups is 5. The zero-order valence-corrected chi connectivity index (χ0v) is 106. The monoisotopic (exact) mass is 2590 g/mol. The molecule has 1 N–H and O–H groups in total. The minimum atomic E-state index is -0.221. The number of carbonyl (C=O) groups excluding carboxylic acids is 5. The number of halogens is 4. The van der Waals surface area contributed by atoms with E-state index < -0.39 is 0 Å². The van der Waals surface area contributed by atoms with Crippen LogP contribution in [0.3, 0.4) is 0 Å². The van der Waals surface area contributed by atoms with Crippen molar-refractivity contribution in [2.24, 2.45) is 5.92 Å². The van der Waals surface area contributed by atoms with Gasteiger partial charge in [0.25, 0.3) is 0 Å². The molecule has 0 bridgehead atoms. The molecule has 5 aromatic rings. The lowest BCUT2D eigenvalue weighted by Crippen LogP contribution is -2.27. The molecule has 0 saturated carbocycles. The summed E-state index contributed by atoms with van der Waals surface area (Å²) in [5, 5.41) is 6.63. The SMILES string of the molecule is C=C1CSC(C)CC(C)SC1.C=C1CSCC(C(=O)Nc2c(Br)cc(Br)cc2Br)SC1.C=C1CSCC(C(=O)Oc2ccc(Br)cc2)CSC1.C=C1CSCC(C(=O)Oc2ccccc2)SC1.C=C1CSCC(COc2ccc(SCC3CSCC(=C)CS3)cc2)SC1.C=C1CSCC(OC(=O)c2ccccc2)CSC1.C=C1CSCC(OC(C)=O)CSC1.C=C1CSCCC(C)SC1.C=C1CSCCCSC1. The Labute approximate surface area is 979 Å². The molecule has 10 heterocycles. The molecule has 0 aromatic heterocycles. The van der Waals surface area contributed by atoms with Crippen molar-refractivity contribution in [1.29, 1.82) is 0 Å². The van der Waals surface area contributed by atoms with E-state index in [1.54, 1.807) is 154 Å². The molecule has 10 aliphatic rings. The number of hydrogen-bond acceptors (Lipinski definition) is 31. The van der Waals surface area contributed by atoms with E-state index in [2.05, 4.69) is 215 Å². The average molecular weight is 2590 g/mol. The summed E-state index contributed by atoms with van der Waals surface area (Å²) in [6, 6.07) is 38.2. The number of rotatable bonds is 15. The summed E-state index contributed by atoms with van der Waals surface area (Å²) < 4.78 is 31.1. The number of benzene rings is 5. The first-order valence-corrected chi connectivity index (χ1v) is 73.3. The average Bonchev–Trinajstić information content (AvgIpc) is 1.09. The number of para-hydroxylation sites is 1. The lowest BCUT2D eigenvalue weighted by atomic mass is 10.2. The summed E-state index contributed by atoms with van der Waals surface area (Å²) in [6.07, 6.45) is 4.18. The number of nitrogens with one attached hydrogen (secondary N) is 1. The van der Waals surface area contributed by atoms with Crippen LogP contribution in [0.5, 0.6) is 17.2 Å². The van der Waals surface area contributed by atoms with Crippen LogP contribution in [0.4, 0.5) is 5.69 Å². The highest BCUT2D eigenvalue weighted by atomic mass is 79.9. The van der Waals surface area contributed by atoms with Crippen LogP contribution >= 0.6 is 311 Å². The molecule has 10 aliphatic heterocycles. The summed E-state index contributed by atoms with van der Waals surface area (Å²) >= 11 is 53.5. The molecule has 7 unspecified atom stereocenters. The summed E-state index contributed by atoms with van der Waals surface area (Å²) in [6.45, 7) is 49.4. The highest BCUT2D eigenvalue weighted by Crippen LogP contribution is 2.39. The third kappa shape index (κ3) is 60.7. The maximum absolute atomic E-state index is 12.4. The molecule has 786 valence electrons. The molecule has 143 heavy (non-hydrogen) atoms. The van der Waals surface area contributed by atoms with E-state index in [-0.39, 0.29) is 58.4 Å². The van der Waals surface area contributed by atoms with Crippen molar-refractivity contribution < 1.29 is 47.7 Å². The maximum atomic E-state index is 12.4. The van der Waals surface area contributed by atoms with Crippen LogP contribution in [0.1, 0.15) is 57.3 Å². The van der Waals surface area contributed by atoms with Gasteiger partial charge in [0, 0.05) is 234 Å². The van der Waals surface area contributed by atoms with Crippen LogP contribution in [0.15, 0.2) is 266 Å². The molecular formula is C107H139Br4NO10S21. The molecule has 0 radical (unpaired) electrons. The van der Waals surface area contributed by atoms with Crippen molar-refractivity contribution in [3.63, 3.8) is 0 Å². The van der Waals surface area contributed by atoms with Crippen LogP contribution in [-0.2, 0) is 28.7 Å². The van der Waals surface area contributed by atoms with Gasteiger partial charge in [-0.3, -0.25) is 19.2 Å². The molecule has 11 nitrogen and oxygen atoms in total. The third-order valence-electron chi connectivity index (χ3n) is 20.1. The van der Waals surface area contributed by atoms with Crippen LogP contribution in [-0.4, -0.2) is 281 Å².